The van der Waals surface area contributed by atoms with E-state index < -0.39 is 79.4 Å². The first kappa shape index (κ1) is 42.1. The van der Waals surface area contributed by atoms with E-state index in [0.717, 1.165) is 53.4 Å². The topological polar surface area (TPSA) is 245 Å². The Labute approximate surface area is 292 Å². The van der Waals surface area contributed by atoms with Gasteiger partial charge in [-0.05, 0) is 17.5 Å². The minimum Gasteiger partial charge on any atom is -0.354 e. The summed E-state index contributed by atoms with van der Waals surface area (Å²) in [5.41, 5.74) is -10.3. The van der Waals surface area contributed by atoms with Crippen LogP contribution in [0.3, 0.4) is 0 Å². The minimum atomic E-state index is -5.80. The van der Waals surface area contributed by atoms with E-state index in [9.17, 15) is 55.5 Å². The lowest BCUT2D eigenvalue weighted by atomic mass is 10.0. The number of ketones is 1. The molecule has 0 atom stereocenters. The fraction of sp³-hybridized carbons (Fsp3) is 0.400. The summed E-state index contributed by atoms with van der Waals surface area (Å²) in [5, 5.41) is 2.73. The summed E-state index contributed by atoms with van der Waals surface area (Å²) in [6.07, 6.45) is -2.07. The van der Waals surface area contributed by atoms with Crippen LogP contribution in [-0.2, 0) is 66.9 Å². The lowest BCUT2D eigenvalue weighted by molar-refractivity contribution is -0.198. The molecule has 0 radical (unpaired) electrons. The van der Waals surface area contributed by atoms with Gasteiger partial charge in [0.1, 0.15) is 12.2 Å². The number of benzene rings is 2. The summed E-state index contributed by atoms with van der Waals surface area (Å²) in [6.45, 7) is -0.592. The van der Waals surface area contributed by atoms with Gasteiger partial charge in [-0.25, -0.2) is 4.79 Å². The monoisotopic (exact) mass is 781 g/mol. The molecule has 0 saturated carbocycles. The van der Waals surface area contributed by atoms with E-state index in [4.69, 9.17) is 24.4 Å². The zero-order valence-corrected chi connectivity index (χ0v) is 28.7. The molecule has 0 aromatic heterocycles. The van der Waals surface area contributed by atoms with Crippen LogP contribution in [0.25, 0.3) is 0 Å². The number of Topliss-reactive ketones (excluding diaryl/α,β-unsaturated/α-hetero) is 1. The third kappa shape index (κ3) is 11.1. The van der Waals surface area contributed by atoms with Crippen LogP contribution in [0.4, 0.5) is 17.6 Å². The van der Waals surface area contributed by atoms with Crippen LogP contribution in [0.5, 0.6) is 0 Å². The number of carbonyl (C=O) groups is 6. The Bertz CT molecular complexity index is 1670. The van der Waals surface area contributed by atoms with Crippen molar-refractivity contribution in [2.75, 3.05) is 19.6 Å². The summed E-state index contributed by atoms with van der Waals surface area (Å²) in [5.74, 6) is -4.72. The van der Waals surface area contributed by atoms with Crippen molar-refractivity contribution < 1.29 is 79.9 Å². The third-order valence-corrected chi connectivity index (χ3v) is 9.51. The molecule has 1 aliphatic heterocycles. The van der Waals surface area contributed by atoms with Gasteiger partial charge in [0.25, 0.3) is 11.8 Å². The van der Waals surface area contributed by atoms with Gasteiger partial charge in [0, 0.05) is 56.4 Å². The third-order valence-electron chi connectivity index (χ3n) is 7.53. The van der Waals surface area contributed by atoms with E-state index >= 15 is 0 Å². The lowest BCUT2D eigenvalue weighted by Crippen LogP contribution is -2.41. The van der Waals surface area contributed by atoms with Crippen LogP contribution >= 0.6 is 15.2 Å². The number of rotatable bonds is 18. The maximum Gasteiger partial charge on any atom is 0.399 e. The number of nitrogens with one attached hydrogen (secondary N) is 1. The number of alkyl halides is 4. The second-order valence-electron chi connectivity index (χ2n) is 11.5. The standard InChI is InChI=1S/C30H33F4N3O13P2/c31-29(32,51(44,45)46)21-7-3-19(4-8-21)16-23(38)2-1-14-36(27(42)18-28(43)50-37-25(40)11-12-26(37)41)15-13-35-24(39)17-20-5-9-22(10-6-20)30(33,34)52(47,48)49/h3-10H,1-2,11-18H2,(H,35,39)(H2,44,45,46)(H2,47,48,49). The first-order valence-electron chi connectivity index (χ1n) is 15.2. The molecule has 0 unspecified atom stereocenters. The molecule has 1 fully saturated rings. The van der Waals surface area contributed by atoms with Crippen LogP contribution in [0, 0.1) is 0 Å². The molecule has 5 N–H and O–H groups in total. The number of carbonyl (C=O) groups excluding carboxylic acids is 6. The number of nitrogens with zero attached hydrogens (tertiary/aromatic N) is 2. The molecule has 52 heavy (non-hydrogen) atoms. The molecule has 1 saturated heterocycles. The molecule has 0 bridgehead atoms. The Balaban J connectivity index is 1.58. The number of imide groups is 1. The van der Waals surface area contributed by atoms with Gasteiger partial charge in [0.05, 0.1) is 6.42 Å². The molecular formula is C30H33F4N3O13P2. The van der Waals surface area contributed by atoms with E-state index in [1.807, 2.05) is 0 Å². The predicted molar refractivity (Wildman–Crippen MR) is 168 cm³/mol. The average molecular weight is 782 g/mol. The van der Waals surface area contributed by atoms with E-state index in [-0.39, 0.29) is 74.3 Å². The molecule has 0 spiro atoms. The zero-order valence-electron chi connectivity index (χ0n) is 27.0. The highest BCUT2D eigenvalue weighted by atomic mass is 31.2. The molecule has 16 nitrogen and oxygen atoms in total. The van der Waals surface area contributed by atoms with Crippen molar-refractivity contribution in [3.8, 4) is 0 Å². The van der Waals surface area contributed by atoms with Gasteiger partial charge in [0.2, 0.25) is 11.8 Å². The Morgan fingerprint density at radius 2 is 1.23 bits per heavy atom. The van der Waals surface area contributed by atoms with Gasteiger partial charge in [-0.2, -0.15) is 17.6 Å². The highest BCUT2D eigenvalue weighted by Crippen LogP contribution is 2.60. The second kappa shape index (κ2) is 17.0. The van der Waals surface area contributed by atoms with Gasteiger partial charge in [-0.3, -0.25) is 33.1 Å². The van der Waals surface area contributed by atoms with Crippen molar-refractivity contribution in [3.05, 3.63) is 70.8 Å². The summed E-state index contributed by atoms with van der Waals surface area (Å²) in [7, 11) is -11.6. The molecule has 3 rings (SSSR count). The maximum atomic E-state index is 13.9. The summed E-state index contributed by atoms with van der Waals surface area (Å²) in [6, 6.07) is 7.40. The lowest BCUT2D eigenvalue weighted by Gasteiger charge is -2.23. The van der Waals surface area contributed by atoms with E-state index in [1.54, 1.807) is 0 Å². The number of halogens is 4. The Hall–Kier alpha value is -4.32. The quantitative estimate of drug-likeness (QED) is 0.0631. The van der Waals surface area contributed by atoms with Gasteiger partial charge in [0.15, 0.2) is 0 Å². The van der Waals surface area contributed by atoms with Gasteiger partial charge in [-0.15, -0.1) is 5.06 Å². The van der Waals surface area contributed by atoms with E-state index in [1.165, 1.54) is 0 Å². The Morgan fingerprint density at radius 1 is 0.769 bits per heavy atom. The van der Waals surface area contributed by atoms with Crippen LogP contribution in [0.15, 0.2) is 48.5 Å². The van der Waals surface area contributed by atoms with E-state index in [2.05, 4.69) is 5.32 Å². The highest BCUT2D eigenvalue weighted by molar-refractivity contribution is 7.52. The van der Waals surface area contributed by atoms with Gasteiger partial charge < -0.3 is 34.6 Å². The molecule has 1 aliphatic rings. The van der Waals surface area contributed by atoms with Crippen molar-refractivity contribution in [2.24, 2.45) is 0 Å². The van der Waals surface area contributed by atoms with Crippen molar-refractivity contribution in [2.45, 2.75) is 56.3 Å². The second-order valence-corrected chi connectivity index (χ2v) is 14.8. The molecule has 0 aliphatic carbocycles. The molecule has 1 heterocycles. The normalized spacial score (nSPS) is 14.0. The van der Waals surface area contributed by atoms with Crippen molar-refractivity contribution >= 4 is 50.6 Å². The van der Waals surface area contributed by atoms with Crippen LogP contribution in [0.1, 0.15) is 54.4 Å². The minimum absolute atomic E-state index is 0.0105. The van der Waals surface area contributed by atoms with Crippen LogP contribution in [-0.4, -0.2) is 84.6 Å². The molecule has 284 valence electrons. The summed E-state index contributed by atoms with van der Waals surface area (Å²) in [4.78, 5) is 115. The van der Waals surface area contributed by atoms with Crippen molar-refractivity contribution in [3.63, 3.8) is 0 Å². The number of hydrogen-bond donors (Lipinski definition) is 5. The van der Waals surface area contributed by atoms with Gasteiger partial charge >= 0.3 is 32.5 Å². The molecule has 2 aromatic rings. The fourth-order valence-corrected chi connectivity index (χ4v) is 5.70. The number of amides is 4. The molecule has 4 amide bonds. The van der Waals surface area contributed by atoms with Crippen molar-refractivity contribution in [1.82, 2.24) is 15.3 Å². The average Bonchev–Trinajstić information content (AvgIpc) is 3.35. The molecular weight excluding hydrogens is 748 g/mol. The molecule has 22 heteroatoms. The highest BCUT2D eigenvalue weighted by Gasteiger charge is 2.51. The summed E-state index contributed by atoms with van der Waals surface area (Å²) >= 11 is 0. The molecule has 2 aromatic carbocycles. The predicted octanol–water partition coefficient (Wildman–Crippen LogP) is 2.22. The van der Waals surface area contributed by atoms with Crippen LogP contribution in [0.2, 0.25) is 0 Å². The zero-order chi connectivity index (χ0) is 39.1. The Morgan fingerprint density at radius 3 is 1.69 bits per heavy atom. The smallest absolute Gasteiger partial charge is 0.354 e. The largest absolute Gasteiger partial charge is 0.399 e. The fourth-order valence-electron chi connectivity index (χ4n) is 4.73. The van der Waals surface area contributed by atoms with Crippen molar-refractivity contribution in [1.29, 1.82) is 0 Å². The summed E-state index contributed by atoms with van der Waals surface area (Å²) < 4.78 is 77.7. The SMILES string of the molecule is O=C(CCCN(CCNC(=O)Cc1ccc(C(F)(F)P(=O)(O)O)cc1)C(=O)CC(=O)ON1C(=O)CCC1=O)Cc1ccc(C(F)(F)P(=O)(O)O)cc1. The van der Waals surface area contributed by atoms with Gasteiger partial charge in [-0.1, -0.05) is 48.5 Å². The first-order chi connectivity index (χ1) is 24.0. The number of hydroxylamine groups is 2. The van der Waals surface area contributed by atoms with E-state index in [0.29, 0.717) is 0 Å². The number of hydrogen-bond acceptors (Lipinski definition) is 9. The van der Waals surface area contributed by atoms with Crippen LogP contribution < -0.4 is 5.32 Å². The Kier molecular flexibility index (Phi) is 13.8. The first-order valence-corrected chi connectivity index (χ1v) is 18.4. The maximum absolute atomic E-state index is 13.9.